The molecule has 0 aliphatic heterocycles. The lowest BCUT2D eigenvalue weighted by molar-refractivity contribution is -0.138. The van der Waals surface area contributed by atoms with Crippen LogP contribution >= 0.6 is 34.4 Å². The molecule has 1 aromatic rings. The first-order chi connectivity index (χ1) is 6.43. The molecule has 0 radical (unpaired) electrons. The number of hydrogen-bond donors (Lipinski definition) is 1. The van der Waals surface area contributed by atoms with Crippen LogP contribution < -0.4 is 0 Å². The van der Waals surface area contributed by atoms with Crippen molar-refractivity contribution in [3.63, 3.8) is 0 Å². The maximum Gasteiger partial charge on any atom is 0.319 e. The van der Waals surface area contributed by atoms with E-state index in [0.717, 1.165) is 3.57 Å². The molecule has 0 unspecified atom stereocenters. The zero-order valence-corrected chi connectivity index (χ0v) is 10.7. The Hall–Kier alpha value is -0.370. The summed E-state index contributed by atoms with van der Waals surface area (Å²) in [4.78, 5) is 18.7. The minimum Gasteiger partial charge on any atom is -0.480 e. The molecule has 1 N–H and O–H groups in total. The maximum absolute atomic E-state index is 10.9. The first kappa shape index (κ1) is 11.7. The Labute approximate surface area is 99.7 Å². The first-order valence-electron chi connectivity index (χ1n) is 3.81. The quantitative estimate of drug-likeness (QED) is 0.524. The van der Waals surface area contributed by atoms with Gasteiger partial charge in [0.05, 0.1) is 3.57 Å². The van der Waals surface area contributed by atoms with Gasteiger partial charge in [-0.2, -0.15) is 0 Å². The minimum atomic E-state index is -0.867. The largest absolute Gasteiger partial charge is 0.480 e. The Bertz CT molecular complexity index is 357. The van der Waals surface area contributed by atoms with Crippen LogP contribution in [0, 0.1) is 3.57 Å². The van der Waals surface area contributed by atoms with Crippen LogP contribution in [0.15, 0.2) is 17.6 Å². The summed E-state index contributed by atoms with van der Waals surface area (Å²) in [6.07, 6.45) is 3.08. The molecule has 0 saturated heterocycles. The summed E-state index contributed by atoms with van der Waals surface area (Å²) in [6, 6.07) is 0. The Balaban J connectivity index is 2.89. The van der Waals surface area contributed by atoms with Gasteiger partial charge in [-0.3, -0.25) is 4.79 Å². The van der Waals surface area contributed by atoms with Crippen molar-refractivity contribution in [3.8, 4) is 0 Å². The fraction of sp³-hybridized carbons (Fsp3) is 0.375. The van der Waals surface area contributed by atoms with E-state index in [4.69, 9.17) is 5.11 Å². The average Bonchev–Trinajstić information content (AvgIpc) is 2.08. The summed E-state index contributed by atoms with van der Waals surface area (Å²) in [5.74, 6) is -0.850. The van der Waals surface area contributed by atoms with Crippen LogP contribution in [0.4, 0.5) is 0 Å². The maximum atomic E-state index is 10.9. The molecule has 14 heavy (non-hydrogen) atoms. The highest BCUT2D eigenvalue weighted by Gasteiger charge is 2.29. The molecule has 4 nitrogen and oxygen atoms in total. The molecule has 1 heterocycles. The van der Waals surface area contributed by atoms with Crippen molar-refractivity contribution >= 4 is 40.3 Å². The third kappa shape index (κ3) is 2.81. The van der Waals surface area contributed by atoms with Crippen LogP contribution in [0.5, 0.6) is 0 Å². The Morgan fingerprint density at radius 3 is 2.79 bits per heavy atom. The predicted octanol–water partition coefficient (Wildman–Crippen LogP) is 2.04. The van der Waals surface area contributed by atoms with Gasteiger partial charge in [-0.25, -0.2) is 9.97 Å². The van der Waals surface area contributed by atoms with Gasteiger partial charge in [0.15, 0.2) is 0 Å². The summed E-state index contributed by atoms with van der Waals surface area (Å²) >= 11 is 3.31. The van der Waals surface area contributed by atoms with Crippen molar-refractivity contribution < 1.29 is 9.90 Å². The number of nitrogens with zero attached hydrogens (tertiary/aromatic N) is 2. The highest BCUT2D eigenvalue weighted by Crippen LogP contribution is 2.33. The number of aliphatic carboxylic acids is 1. The van der Waals surface area contributed by atoms with Crippen LogP contribution in [0.1, 0.15) is 13.8 Å². The molecule has 1 rings (SSSR count). The molecular weight excluding hydrogens is 315 g/mol. The molecule has 1 aromatic heterocycles. The average molecular weight is 324 g/mol. The predicted molar refractivity (Wildman–Crippen MR) is 62.3 cm³/mol. The fourth-order valence-corrected chi connectivity index (χ4v) is 2.11. The molecule has 0 saturated carbocycles. The smallest absolute Gasteiger partial charge is 0.319 e. The molecule has 0 aliphatic rings. The molecule has 0 spiro atoms. The normalized spacial score (nSPS) is 11.4. The molecule has 0 bridgehead atoms. The molecular formula is C8H9IN2O2S. The SMILES string of the molecule is CC(C)(Sc1ncncc1I)C(=O)O. The first-order valence-corrected chi connectivity index (χ1v) is 5.71. The number of carboxylic acid groups (broad SMARTS) is 1. The lowest BCUT2D eigenvalue weighted by Crippen LogP contribution is -2.27. The van der Waals surface area contributed by atoms with Gasteiger partial charge in [0.25, 0.3) is 0 Å². The zero-order valence-electron chi connectivity index (χ0n) is 7.69. The number of aromatic nitrogens is 2. The second-order valence-corrected chi connectivity index (χ2v) is 5.87. The van der Waals surface area contributed by atoms with Gasteiger partial charge in [-0.1, -0.05) is 11.8 Å². The van der Waals surface area contributed by atoms with Gasteiger partial charge >= 0.3 is 5.97 Å². The van der Waals surface area contributed by atoms with Gasteiger partial charge < -0.3 is 5.11 Å². The van der Waals surface area contributed by atoms with Crippen molar-refractivity contribution in [2.45, 2.75) is 23.6 Å². The van der Waals surface area contributed by atoms with Crippen molar-refractivity contribution in [2.24, 2.45) is 0 Å². The van der Waals surface area contributed by atoms with Crippen LogP contribution in [0.2, 0.25) is 0 Å². The van der Waals surface area contributed by atoms with Gasteiger partial charge in [0.1, 0.15) is 16.1 Å². The highest BCUT2D eigenvalue weighted by molar-refractivity contribution is 14.1. The Kier molecular flexibility index (Phi) is 3.71. The minimum absolute atomic E-state index is 0.702. The molecule has 6 heteroatoms. The van der Waals surface area contributed by atoms with E-state index in [1.807, 2.05) is 0 Å². The molecule has 0 aliphatic carbocycles. The third-order valence-electron chi connectivity index (χ3n) is 1.50. The second-order valence-electron chi connectivity index (χ2n) is 3.09. The number of hydrogen-bond acceptors (Lipinski definition) is 4. The van der Waals surface area contributed by atoms with Gasteiger partial charge in [0.2, 0.25) is 0 Å². The van der Waals surface area contributed by atoms with Gasteiger partial charge in [-0.05, 0) is 36.4 Å². The van der Waals surface area contributed by atoms with Crippen molar-refractivity contribution in [3.05, 3.63) is 16.1 Å². The van der Waals surface area contributed by atoms with Crippen LogP contribution in [-0.2, 0) is 4.79 Å². The van der Waals surface area contributed by atoms with Crippen molar-refractivity contribution in [1.82, 2.24) is 9.97 Å². The summed E-state index contributed by atoms with van der Waals surface area (Å²) in [5.41, 5.74) is 0. The zero-order chi connectivity index (χ0) is 10.8. The second kappa shape index (κ2) is 4.43. The standard InChI is InChI=1S/C8H9IN2O2S/c1-8(2,7(12)13)14-6-5(9)3-10-4-11-6/h3-4H,1-2H3,(H,12,13). The number of thioether (sulfide) groups is 1. The van der Waals surface area contributed by atoms with E-state index in [-0.39, 0.29) is 0 Å². The van der Waals surface area contributed by atoms with Crippen LogP contribution in [0.25, 0.3) is 0 Å². The Morgan fingerprint density at radius 2 is 2.29 bits per heavy atom. The molecule has 0 fully saturated rings. The molecule has 0 amide bonds. The highest BCUT2D eigenvalue weighted by atomic mass is 127. The van der Waals surface area contributed by atoms with E-state index in [1.54, 1.807) is 20.0 Å². The summed E-state index contributed by atoms with van der Waals surface area (Å²) < 4.78 is -0.00158. The number of halogens is 1. The van der Waals surface area contributed by atoms with E-state index in [0.29, 0.717) is 5.03 Å². The molecule has 0 atom stereocenters. The summed E-state index contributed by atoms with van der Waals surface area (Å²) in [7, 11) is 0. The number of carbonyl (C=O) groups is 1. The van der Waals surface area contributed by atoms with E-state index in [1.165, 1.54) is 18.1 Å². The molecule has 0 aromatic carbocycles. The number of rotatable bonds is 3. The lowest BCUT2D eigenvalue weighted by atomic mass is 10.2. The Morgan fingerprint density at radius 1 is 1.64 bits per heavy atom. The van der Waals surface area contributed by atoms with Gasteiger partial charge in [0, 0.05) is 6.20 Å². The topological polar surface area (TPSA) is 63.1 Å². The van der Waals surface area contributed by atoms with Crippen LogP contribution in [0.3, 0.4) is 0 Å². The van der Waals surface area contributed by atoms with Crippen LogP contribution in [-0.4, -0.2) is 25.8 Å². The molecule has 76 valence electrons. The van der Waals surface area contributed by atoms with Crippen molar-refractivity contribution in [1.29, 1.82) is 0 Å². The van der Waals surface area contributed by atoms with E-state index >= 15 is 0 Å². The van der Waals surface area contributed by atoms with E-state index < -0.39 is 10.7 Å². The monoisotopic (exact) mass is 324 g/mol. The number of carboxylic acids is 1. The van der Waals surface area contributed by atoms with E-state index in [2.05, 4.69) is 32.6 Å². The van der Waals surface area contributed by atoms with E-state index in [9.17, 15) is 4.79 Å². The summed E-state index contributed by atoms with van der Waals surface area (Å²) in [6.45, 7) is 3.30. The lowest BCUT2D eigenvalue weighted by Gasteiger charge is -2.17. The fourth-order valence-electron chi connectivity index (χ4n) is 0.662. The van der Waals surface area contributed by atoms with Crippen molar-refractivity contribution in [2.75, 3.05) is 0 Å². The third-order valence-corrected chi connectivity index (χ3v) is 3.86. The summed E-state index contributed by atoms with van der Waals surface area (Å²) in [5, 5.41) is 9.63. The van der Waals surface area contributed by atoms with Gasteiger partial charge in [-0.15, -0.1) is 0 Å².